The molecule has 0 radical (unpaired) electrons. The molecule has 1 aliphatic rings. The van der Waals surface area contributed by atoms with Crippen molar-refractivity contribution in [3.05, 3.63) is 0 Å². The van der Waals surface area contributed by atoms with Gasteiger partial charge in [0, 0.05) is 33.0 Å². The summed E-state index contributed by atoms with van der Waals surface area (Å²) in [6.45, 7) is 1.84. The average Bonchev–Trinajstić information content (AvgIpc) is 2.35. The maximum absolute atomic E-state index is 11.1. The average molecular weight is 279 g/mol. The summed E-state index contributed by atoms with van der Waals surface area (Å²) in [4.78, 5) is 2.04. The molecule has 1 heterocycles. The van der Waals surface area contributed by atoms with E-state index in [9.17, 15) is 8.42 Å². The minimum absolute atomic E-state index is 0.0766. The maximum Gasteiger partial charge on any atom is 0.171 e. The van der Waals surface area contributed by atoms with Gasteiger partial charge in [0.1, 0.15) is 15.4 Å². The Bertz CT molecular complexity index is 399. The molecule has 1 fully saturated rings. The van der Waals surface area contributed by atoms with Crippen LogP contribution in [0.1, 0.15) is 12.8 Å². The Morgan fingerprint density at radius 2 is 2.06 bits per heavy atom. The standard InChI is InChI=1S/C10H21N3O4S/c1-17-10(9(11)12-14)3-5-13(6-4-10)7-8-18(2,15)16/h14H,3-8H2,1-2H3,(H2,11,12). The number of hydrogen-bond acceptors (Lipinski definition) is 6. The lowest BCUT2D eigenvalue weighted by Gasteiger charge is -2.39. The van der Waals surface area contributed by atoms with E-state index >= 15 is 0 Å². The van der Waals surface area contributed by atoms with Crippen LogP contribution in [-0.2, 0) is 14.6 Å². The summed E-state index contributed by atoms with van der Waals surface area (Å²) in [6, 6.07) is 0. The maximum atomic E-state index is 11.1. The minimum atomic E-state index is -2.94. The predicted octanol–water partition coefficient (Wildman–Crippen LogP) is -0.742. The van der Waals surface area contributed by atoms with Gasteiger partial charge in [-0.3, -0.25) is 0 Å². The number of rotatable bonds is 5. The number of likely N-dealkylation sites (tertiary alicyclic amines) is 1. The first-order chi connectivity index (χ1) is 8.33. The summed E-state index contributed by atoms with van der Waals surface area (Å²) in [6.07, 6.45) is 2.40. The molecular formula is C10H21N3O4S. The van der Waals surface area contributed by atoms with Crippen molar-refractivity contribution in [1.29, 1.82) is 0 Å². The van der Waals surface area contributed by atoms with Crippen LogP contribution in [0.2, 0.25) is 0 Å². The van der Waals surface area contributed by atoms with Crippen LogP contribution in [0.25, 0.3) is 0 Å². The van der Waals surface area contributed by atoms with E-state index in [1.807, 2.05) is 4.90 Å². The number of piperidine rings is 1. The van der Waals surface area contributed by atoms with Crippen molar-refractivity contribution in [3.63, 3.8) is 0 Å². The van der Waals surface area contributed by atoms with E-state index < -0.39 is 15.4 Å². The Morgan fingerprint density at radius 3 is 2.44 bits per heavy atom. The van der Waals surface area contributed by atoms with Crippen LogP contribution in [0.4, 0.5) is 0 Å². The first-order valence-electron chi connectivity index (χ1n) is 5.76. The van der Waals surface area contributed by atoms with E-state index in [0.29, 0.717) is 32.5 Å². The van der Waals surface area contributed by atoms with Gasteiger partial charge in [0.15, 0.2) is 5.84 Å². The molecule has 1 rings (SSSR count). The summed E-state index contributed by atoms with van der Waals surface area (Å²) >= 11 is 0. The highest BCUT2D eigenvalue weighted by atomic mass is 32.2. The van der Waals surface area contributed by atoms with Crippen LogP contribution < -0.4 is 5.73 Å². The molecule has 18 heavy (non-hydrogen) atoms. The van der Waals surface area contributed by atoms with Gasteiger partial charge >= 0.3 is 0 Å². The zero-order valence-corrected chi connectivity index (χ0v) is 11.6. The Balaban J connectivity index is 2.54. The van der Waals surface area contributed by atoms with Gasteiger partial charge in [-0.2, -0.15) is 0 Å². The van der Waals surface area contributed by atoms with E-state index in [0.717, 1.165) is 0 Å². The molecule has 7 nitrogen and oxygen atoms in total. The lowest BCUT2D eigenvalue weighted by atomic mass is 9.90. The highest BCUT2D eigenvalue weighted by Gasteiger charge is 2.38. The number of oxime groups is 1. The first kappa shape index (κ1) is 15.2. The van der Waals surface area contributed by atoms with Gasteiger partial charge in [-0.15, -0.1) is 0 Å². The molecule has 0 unspecified atom stereocenters. The Labute approximate surface area is 108 Å². The van der Waals surface area contributed by atoms with Crippen molar-refractivity contribution < 1.29 is 18.4 Å². The highest BCUT2D eigenvalue weighted by Crippen LogP contribution is 2.25. The van der Waals surface area contributed by atoms with Crippen LogP contribution in [0, 0.1) is 0 Å². The number of sulfone groups is 1. The van der Waals surface area contributed by atoms with Gasteiger partial charge in [0.05, 0.1) is 5.75 Å². The lowest BCUT2D eigenvalue weighted by molar-refractivity contribution is -0.00603. The third kappa shape index (κ3) is 3.82. The topological polar surface area (TPSA) is 105 Å². The third-order valence-corrected chi connectivity index (χ3v) is 4.33. The molecule has 0 aliphatic carbocycles. The number of amidine groups is 1. The molecule has 0 bridgehead atoms. The van der Waals surface area contributed by atoms with Crippen molar-refractivity contribution in [2.75, 3.05) is 38.8 Å². The molecule has 1 saturated heterocycles. The summed E-state index contributed by atoms with van der Waals surface area (Å²) in [5.74, 6) is 0.226. The molecule has 0 aromatic rings. The minimum Gasteiger partial charge on any atom is -0.409 e. The molecule has 106 valence electrons. The quantitative estimate of drug-likeness (QED) is 0.297. The van der Waals surface area contributed by atoms with E-state index in [-0.39, 0.29) is 11.6 Å². The number of ether oxygens (including phenoxy) is 1. The van der Waals surface area contributed by atoms with Gasteiger partial charge in [-0.05, 0) is 12.8 Å². The number of methoxy groups -OCH3 is 1. The van der Waals surface area contributed by atoms with E-state index in [4.69, 9.17) is 15.7 Å². The van der Waals surface area contributed by atoms with Crippen molar-refractivity contribution in [2.45, 2.75) is 18.4 Å². The summed E-state index contributed by atoms with van der Waals surface area (Å²) in [5.41, 5.74) is 4.92. The van der Waals surface area contributed by atoms with E-state index in [2.05, 4.69) is 5.16 Å². The Morgan fingerprint density at radius 1 is 1.50 bits per heavy atom. The number of nitrogens with zero attached hydrogens (tertiary/aromatic N) is 2. The lowest BCUT2D eigenvalue weighted by Crippen LogP contribution is -2.54. The molecule has 0 atom stereocenters. The van der Waals surface area contributed by atoms with Gasteiger partial charge in [-0.25, -0.2) is 8.42 Å². The molecule has 0 aromatic heterocycles. The summed E-state index contributed by atoms with van der Waals surface area (Å²) < 4.78 is 27.5. The second-order valence-corrected chi connectivity index (χ2v) is 6.91. The predicted molar refractivity (Wildman–Crippen MR) is 68.5 cm³/mol. The van der Waals surface area contributed by atoms with Crippen molar-refractivity contribution in [1.82, 2.24) is 4.90 Å². The normalized spacial score (nSPS) is 22.0. The smallest absolute Gasteiger partial charge is 0.171 e. The van der Waals surface area contributed by atoms with Gasteiger partial charge in [-0.1, -0.05) is 5.16 Å². The van der Waals surface area contributed by atoms with E-state index in [1.54, 1.807) is 0 Å². The molecular weight excluding hydrogens is 258 g/mol. The SMILES string of the molecule is COC1(C(N)=NO)CCN(CCS(C)(=O)=O)CC1. The Kier molecular flexibility index (Phi) is 4.94. The number of hydrogen-bond donors (Lipinski definition) is 2. The van der Waals surface area contributed by atoms with Gasteiger partial charge in [0.25, 0.3) is 0 Å². The Hall–Kier alpha value is -0.860. The molecule has 0 amide bonds. The zero-order chi connectivity index (χ0) is 13.8. The number of nitrogens with two attached hydrogens (primary N) is 1. The van der Waals surface area contributed by atoms with Crippen molar-refractivity contribution in [2.24, 2.45) is 10.9 Å². The largest absolute Gasteiger partial charge is 0.409 e. The van der Waals surface area contributed by atoms with Crippen LogP contribution in [0.15, 0.2) is 5.16 Å². The second-order valence-electron chi connectivity index (χ2n) is 4.66. The third-order valence-electron chi connectivity index (χ3n) is 3.41. The first-order valence-corrected chi connectivity index (χ1v) is 7.82. The second kappa shape index (κ2) is 5.85. The van der Waals surface area contributed by atoms with Crippen molar-refractivity contribution >= 4 is 15.7 Å². The van der Waals surface area contributed by atoms with Crippen LogP contribution in [0.3, 0.4) is 0 Å². The van der Waals surface area contributed by atoms with Gasteiger partial charge < -0.3 is 20.6 Å². The monoisotopic (exact) mass is 279 g/mol. The summed E-state index contributed by atoms with van der Waals surface area (Å²) in [7, 11) is -1.41. The van der Waals surface area contributed by atoms with E-state index in [1.165, 1.54) is 13.4 Å². The fourth-order valence-corrected chi connectivity index (χ4v) is 2.68. The highest BCUT2D eigenvalue weighted by molar-refractivity contribution is 7.90. The van der Waals surface area contributed by atoms with Gasteiger partial charge in [0.2, 0.25) is 0 Å². The fourth-order valence-electron chi connectivity index (χ4n) is 2.09. The summed E-state index contributed by atoms with van der Waals surface area (Å²) in [5, 5.41) is 11.8. The fraction of sp³-hybridized carbons (Fsp3) is 0.900. The van der Waals surface area contributed by atoms with Crippen LogP contribution in [-0.4, -0.2) is 68.7 Å². The molecule has 0 aromatic carbocycles. The molecule has 8 heteroatoms. The van der Waals surface area contributed by atoms with Crippen LogP contribution >= 0.6 is 0 Å². The van der Waals surface area contributed by atoms with Crippen LogP contribution in [0.5, 0.6) is 0 Å². The molecule has 1 aliphatic heterocycles. The molecule has 3 N–H and O–H groups in total. The van der Waals surface area contributed by atoms with Crippen molar-refractivity contribution in [3.8, 4) is 0 Å². The molecule has 0 spiro atoms. The molecule has 0 saturated carbocycles. The zero-order valence-electron chi connectivity index (χ0n) is 10.8.